The number of ether oxygens (including phenoxy) is 1. The van der Waals surface area contributed by atoms with Crippen molar-refractivity contribution in [3.63, 3.8) is 0 Å². The Morgan fingerprint density at radius 1 is 1.27 bits per heavy atom. The molecule has 3 saturated carbocycles. The van der Waals surface area contributed by atoms with Gasteiger partial charge in [-0.25, -0.2) is 14.2 Å². The van der Waals surface area contributed by atoms with Crippen LogP contribution in [0.2, 0.25) is 0 Å². The molecule has 4 aliphatic rings. The van der Waals surface area contributed by atoms with Gasteiger partial charge in [-0.3, -0.25) is 4.79 Å². The predicted octanol–water partition coefficient (Wildman–Crippen LogP) is 7.16. The molecule has 9 heteroatoms. The van der Waals surface area contributed by atoms with Gasteiger partial charge in [-0.05, 0) is 121 Å². The van der Waals surface area contributed by atoms with Crippen molar-refractivity contribution < 1.29 is 28.2 Å². The number of carbonyl (C=O) groups is 2. The second kappa shape index (κ2) is 11.5. The normalized spacial score (nSPS) is 36.2. The Kier molecular flexibility index (Phi) is 7.99. The molecule has 0 amide bonds. The number of aliphatic imine (C=N–C) groups is 1. The molecule has 0 radical (unpaired) electrons. The van der Waals surface area contributed by atoms with E-state index in [2.05, 4.69) is 19.6 Å². The van der Waals surface area contributed by atoms with Gasteiger partial charge in [0.2, 0.25) is 10.9 Å². The zero-order valence-corrected chi connectivity index (χ0v) is 25.9. The number of aliphatic hydroxyl groups is 1. The number of alkyl halides is 1. The molecular weight excluding hydrogens is 579 g/mol. The number of hydrogen-bond acceptors (Lipinski definition) is 8. The number of halogens is 1. The molecule has 3 N–H and O–H groups in total. The van der Waals surface area contributed by atoms with Gasteiger partial charge >= 0.3 is 5.97 Å². The Morgan fingerprint density at radius 2 is 2.09 bits per heavy atom. The standard InChI is InChI=1S/C35H39FN2O5S/c1-4-21-7-5-8-24(15-21)38-27-16-23-10-11-25-26-12-13-35(32(41)44-20-36,43-31(40)29-9-6-14-42-29)34(26,3)18-28(39)30(25)33(23,2)17-22(27)19-37/h4-9,14-16,19,25-26,28,30,39H,1,10-13,17-18,20,37H2,2-3H3/t25-,26-,28-,30+,33-,34-,35-/m0/s1. The molecule has 0 saturated heterocycles. The first kappa shape index (κ1) is 30.6. The molecule has 0 unspecified atom stereocenters. The third-order valence-corrected chi connectivity index (χ3v) is 11.8. The summed E-state index contributed by atoms with van der Waals surface area (Å²) in [5.74, 6) is -0.801. The average molecular weight is 619 g/mol. The predicted molar refractivity (Wildman–Crippen MR) is 170 cm³/mol. The van der Waals surface area contributed by atoms with Crippen molar-refractivity contribution in [2.45, 2.75) is 64.1 Å². The van der Waals surface area contributed by atoms with Crippen molar-refractivity contribution >= 4 is 40.3 Å². The molecule has 7 atom stereocenters. The lowest BCUT2D eigenvalue weighted by Crippen LogP contribution is -2.62. The van der Waals surface area contributed by atoms with Gasteiger partial charge in [-0.1, -0.05) is 44.2 Å². The fourth-order valence-corrected chi connectivity index (χ4v) is 9.81. The molecule has 0 bridgehead atoms. The summed E-state index contributed by atoms with van der Waals surface area (Å²) in [5.41, 5.74) is 8.17. The summed E-state index contributed by atoms with van der Waals surface area (Å²) in [6.45, 7) is 8.01. The minimum atomic E-state index is -1.57. The number of hydrogen-bond donors (Lipinski definition) is 2. The van der Waals surface area contributed by atoms with Crippen LogP contribution in [0.5, 0.6) is 0 Å². The van der Waals surface area contributed by atoms with Crippen LogP contribution in [-0.2, 0) is 9.53 Å². The number of esters is 1. The summed E-state index contributed by atoms with van der Waals surface area (Å²) in [5, 5.41) is 11.5. The van der Waals surface area contributed by atoms with Crippen LogP contribution in [0.25, 0.3) is 6.08 Å². The molecule has 2 aromatic rings. The molecule has 4 aliphatic carbocycles. The molecule has 7 nitrogen and oxygen atoms in total. The summed E-state index contributed by atoms with van der Waals surface area (Å²) >= 11 is 0.531. The molecule has 232 valence electrons. The SMILES string of the molecule is C=Cc1cccc(N=C2C=C3CC[C@@H]4[C@H]([C@@H](O)C[C@@]5(C)[C@H]4CC[C@]5(OC(=O)c4ccco4)C(=O)SCF)[C@@]3(C)CC2=CN)c1. The lowest BCUT2D eigenvalue weighted by Gasteiger charge is -2.60. The number of fused-ring (bicyclic) bond motifs is 5. The maximum atomic E-state index is 13.7. The first-order valence-corrected chi connectivity index (χ1v) is 16.2. The van der Waals surface area contributed by atoms with E-state index in [1.807, 2.05) is 31.2 Å². The Balaban J connectivity index is 1.35. The van der Waals surface area contributed by atoms with E-state index in [4.69, 9.17) is 19.9 Å². The average Bonchev–Trinajstić information content (AvgIpc) is 3.64. The van der Waals surface area contributed by atoms with Crippen LogP contribution in [-0.4, -0.2) is 39.6 Å². The zero-order chi connectivity index (χ0) is 31.3. The molecule has 0 spiro atoms. The van der Waals surface area contributed by atoms with Crippen LogP contribution in [0, 0.1) is 28.6 Å². The number of nitrogens with two attached hydrogens (primary N) is 1. The van der Waals surface area contributed by atoms with E-state index in [9.17, 15) is 19.1 Å². The Morgan fingerprint density at radius 3 is 2.80 bits per heavy atom. The van der Waals surface area contributed by atoms with Crippen LogP contribution >= 0.6 is 11.8 Å². The molecule has 44 heavy (non-hydrogen) atoms. The van der Waals surface area contributed by atoms with Crippen LogP contribution in [0.3, 0.4) is 0 Å². The number of rotatable bonds is 6. The van der Waals surface area contributed by atoms with E-state index < -0.39 is 34.2 Å². The summed E-state index contributed by atoms with van der Waals surface area (Å²) in [6, 6.07) is 10.0. The van der Waals surface area contributed by atoms with E-state index in [0.29, 0.717) is 24.6 Å². The van der Waals surface area contributed by atoms with Gasteiger partial charge in [-0.2, -0.15) is 0 Å². The smallest absolute Gasteiger partial charge is 0.375 e. The first-order valence-electron chi connectivity index (χ1n) is 15.2. The van der Waals surface area contributed by atoms with Gasteiger partial charge in [0, 0.05) is 5.41 Å². The highest BCUT2D eigenvalue weighted by Crippen LogP contribution is 2.69. The lowest BCUT2D eigenvalue weighted by molar-refractivity contribution is -0.175. The van der Waals surface area contributed by atoms with E-state index in [1.165, 1.54) is 17.9 Å². The van der Waals surface area contributed by atoms with Crippen molar-refractivity contribution in [1.82, 2.24) is 0 Å². The number of aliphatic hydroxyl groups excluding tert-OH is 1. The molecule has 1 heterocycles. The second-order valence-electron chi connectivity index (χ2n) is 13.0. The minimum Gasteiger partial charge on any atom is -0.457 e. The number of nitrogens with zero attached hydrogens (tertiary/aromatic N) is 1. The Bertz CT molecular complexity index is 1570. The molecule has 3 fully saturated rings. The van der Waals surface area contributed by atoms with Crippen molar-refractivity contribution in [3.05, 3.63) is 84.0 Å². The molecule has 1 aromatic carbocycles. The Hall–Kier alpha value is -3.43. The number of carbonyl (C=O) groups excluding carboxylic acids is 2. The van der Waals surface area contributed by atoms with E-state index in [1.54, 1.807) is 18.3 Å². The van der Waals surface area contributed by atoms with Gasteiger partial charge in [0.15, 0.2) is 5.60 Å². The van der Waals surface area contributed by atoms with E-state index in [0.717, 1.165) is 35.4 Å². The van der Waals surface area contributed by atoms with Crippen LogP contribution in [0.15, 0.2) is 82.1 Å². The Labute approximate surface area is 261 Å². The summed E-state index contributed by atoms with van der Waals surface area (Å²) in [7, 11) is 0. The van der Waals surface area contributed by atoms with Crippen LogP contribution in [0.4, 0.5) is 10.1 Å². The highest BCUT2D eigenvalue weighted by molar-refractivity contribution is 8.13. The van der Waals surface area contributed by atoms with Gasteiger partial charge in [0.25, 0.3) is 0 Å². The van der Waals surface area contributed by atoms with Crippen molar-refractivity contribution in [1.29, 1.82) is 0 Å². The van der Waals surface area contributed by atoms with E-state index >= 15 is 0 Å². The van der Waals surface area contributed by atoms with E-state index in [-0.39, 0.29) is 41.8 Å². The largest absolute Gasteiger partial charge is 0.457 e. The summed E-state index contributed by atoms with van der Waals surface area (Å²) in [6.07, 6.45) is 9.57. The van der Waals surface area contributed by atoms with Crippen LogP contribution in [0.1, 0.15) is 68.5 Å². The van der Waals surface area contributed by atoms with Gasteiger partial charge < -0.3 is 20.0 Å². The van der Waals surface area contributed by atoms with Crippen LogP contribution < -0.4 is 5.73 Å². The topological polar surface area (TPSA) is 115 Å². The minimum absolute atomic E-state index is 0.00940. The zero-order valence-electron chi connectivity index (χ0n) is 25.1. The summed E-state index contributed by atoms with van der Waals surface area (Å²) in [4.78, 5) is 31.8. The quantitative estimate of drug-likeness (QED) is 0.330. The maximum Gasteiger partial charge on any atom is 0.375 e. The molecule has 0 aliphatic heterocycles. The molecular formula is C35H39FN2O5S. The van der Waals surface area contributed by atoms with Crippen molar-refractivity contribution in [2.75, 3.05) is 6.01 Å². The third-order valence-electron chi connectivity index (χ3n) is 11.0. The monoisotopic (exact) mass is 618 g/mol. The van der Waals surface area contributed by atoms with Gasteiger partial charge in [-0.15, -0.1) is 0 Å². The number of allylic oxidation sites excluding steroid dienone is 3. The third kappa shape index (κ3) is 4.70. The fraction of sp³-hybridized carbons (Fsp3) is 0.457. The van der Waals surface area contributed by atoms with Crippen molar-refractivity contribution in [3.8, 4) is 0 Å². The highest BCUT2D eigenvalue weighted by atomic mass is 32.2. The second-order valence-corrected chi connectivity index (χ2v) is 13.9. The number of benzene rings is 1. The molecule has 6 rings (SSSR count). The number of furan rings is 1. The molecule has 1 aromatic heterocycles. The highest BCUT2D eigenvalue weighted by Gasteiger charge is 2.71. The lowest BCUT2D eigenvalue weighted by atomic mass is 9.45. The maximum absolute atomic E-state index is 13.7. The van der Waals surface area contributed by atoms with Gasteiger partial charge in [0.1, 0.15) is 6.01 Å². The summed E-state index contributed by atoms with van der Waals surface area (Å²) < 4.78 is 24.9. The first-order chi connectivity index (χ1) is 21.1. The number of thioether (sulfide) groups is 1. The van der Waals surface area contributed by atoms with Crippen molar-refractivity contribution in [2.24, 2.45) is 39.3 Å². The van der Waals surface area contributed by atoms with Gasteiger partial charge in [0.05, 0.1) is 23.8 Å². The fourth-order valence-electron chi connectivity index (χ4n) is 9.10.